The van der Waals surface area contributed by atoms with E-state index in [1.165, 1.54) is 87.3 Å². The van der Waals surface area contributed by atoms with Gasteiger partial charge in [-0.1, -0.05) is 146 Å². The molecule has 0 amide bonds. The number of fused-ring (bicyclic) bond motifs is 6. The fourth-order valence-corrected chi connectivity index (χ4v) is 7.42. The number of hydrogen-bond donors (Lipinski definition) is 0. The number of benzene rings is 8. The van der Waals surface area contributed by atoms with E-state index in [0.717, 1.165) is 12.8 Å². The van der Waals surface area contributed by atoms with E-state index < -0.39 is 0 Å². The molecule has 1 aliphatic carbocycles. The molecule has 0 bridgehead atoms. The standard InChI is InChI=1S/C44H30/c1-2-11-29(12-3-1)30-21-23-31(24-22-30)43-38-15-6-8-17-40(38)44(41-18-9-7-16-39(41)43)37-20-10-19-35-36(37)26-25-34-27-32-13-4-5-14-33(32)28-42(34)35/h1-2,4-11,13-28H,3,12H2. The molecule has 0 nitrogen and oxygen atoms in total. The molecule has 8 aromatic rings. The lowest BCUT2D eigenvalue weighted by Gasteiger charge is -2.19. The lowest BCUT2D eigenvalue weighted by molar-refractivity contribution is 1.05. The Balaban J connectivity index is 1.32. The van der Waals surface area contributed by atoms with Crippen LogP contribution in [0.4, 0.5) is 0 Å². The Labute approximate surface area is 257 Å². The highest BCUT2D eigenvalue weighted by Gasteiger charge is 2.18. The van der Waals surface area contributed by atoms with Crippen LogP contribution in [0.3, 0.4) is 0 Å². The number of hydrogen-bond acceptors (Lipinski definition) is 0. The van der Waals surface area contributed by atoms with Gasteiger partial charge in [0.25, 0.3) is 0 Å². The molecule has 0 aliphatic heterocycles. The van der Waals surface area contributed by atoms with Crippen LogP contribution in [-0.2, 0) is 0 Å². The summed E-state index contributed by atoms with van der Waals surface area (Å²) in [5.74, 6) is 0. The maximum Gasteiger partial charge on any atom is -0.00201 e. The van der Waals surface area contributed by atoms with E-state index in [1.807, 2.05) is 0 Å². The largest absolute Gasteiger partial charge is 0.0842 e. The molecule has 8 aromatic carbocycles. The van der Waals surface area contributed by atoms with Gasteiger partial charge in [-0.15, -0.1) is 0 Å². The average molecular weight is 559 g/mol. The molecule has 0 saturated heterocycles. The molecule has 0 atom stereocenters. The molecule has 0 N–H and O–H groups in total. The predicted octanol–water partition coefficient (Wildman–Crippen LogP) is 12.5. The van der Waals surface area contributed by atoms with Crippen LogP contribution in [0.5, 0.6) is 0 Å². The van der Waals surface area contributed by atoms with Crippen LogP contribution in [0.25, 0.3) is 81.7 Å². The van der Waals surface area contributed by atoms with Crippen LogP contribution in [0, 0.1) is 0 Å². The van der Waals surface area contributed by atoms with Gasteiger partial charge in [-0.2, -0.15) is 0 Å². The molecule has 0 saturated carbocycles. The highest BCUT2D eigenvalue weighted by Crippen LogP contribution is 2.46. The van der Waals surface area contributed by atoms with E-state index in [4.69, 9.17) is 0 Å². The third-order valence-corrected chi connectivity index (χ3v) is 9.50. The van der Waals surface area contributed by atoms with Crippen molar-refractivity contribution in [1.29, 1.82) is 0 Å². The van der Waals surface area contributed by atoms with E-state index in [9.17, 15) is 0 Å². The molecular weight excluding hydrogens is 528 g/mol. The maximum absolute atomic E-state index is 2.36. The van der Waals surface area contributed by atoms with E-state index in [1.54, 1.807) is 0 Å². The summed E-state index contributed by atoms with van der Waals surface area (Å²) < 4.78 is 0. The van der Waals surface area contributed by atoms with Crippen LogP contribution in [0.15, 0.2) is 158 Å². The van der Waals surface area contributed by atoms with E-state index in [0.29, 0.717) is 0 Å². The molecule has 0 unspecified atom stereocenters. The fourth-order valence-electron chi connectivity index (χ4n) is 7.42. The highest BCUT2D eigenvalue weighted by atomic mass is 14.2. The van der Waals surface area contributed by atoms with Crippen LogP contribution in [0.2, 0.25) is 0 Å². The Kier molecular flexibility index (Phi) is 5.74. The van der Waals surface area contributed by atoms with Crippen LogP contribution in [0.1, 0.15) is 18.4 Å². The van der Waals surface area contributed by atoms with Crippen molar-refractivity contribution in [3.05, 3.63) is 163 Å². The van der Waals surface area contributed by atoms with Crippen molar-refractivity contribution >= 4 is 59.4 Å². The molecule has 0 aromatic heterocycles. The minimum absolute atomic E-state index is 1.10. The molecule has 206 valence electrons. The van der Waals surface area contributed by atoms with Gasteiger partial charge in [-0.05, 0) is 112 Å². The Morgan fingerprint density at radius 3 is 1.68 bits per heavy atom. The van der Waals surface area contributed by atoms with Gasteiger partial charge in [0.1, 0.15) is 0 Å². The molecule has 0 radical (unpaired) electrons. The molecule has 9 rings (SSSR count). The van der Waals surface area contributed by atoms with Crippen molar-refractivity contribution < 1.29 is 0 Å². The number of rotatable bonds is 3. The lowest BCUT2D eigenvalue weighted by Crippen LogP contribution is -1.92. The zero-order valence-electron chi connectivity index (χ0n) is 24.4. The third kappa shape index (κ3) is 3.92. The van der Waals surface area contributed by atoms with Gasteiger partial charge in [0, 0.05) is 0 Å². The zero-order chi connectivity index (χ0) is 29.0. The first-order chi connectivity index (χ1) is 21.8. The van der Waals surface area contributed by atoms with Crippen LogP contribution >= 0.6 is 0 Å². The second-order valence-corrected chi connectivity index (χ2v) is 12.0. The molecule has 44 heavy (non-hydrogen) atoms. The van der Waals surface area contributed by atoms with Gasteiger partial charge in [-0.25, -0.2) is 0 Å². The second kappa shape index (κ2) is 10.1. The van der Waals surface area contributed by atoms with Crippen molar-refractivity contribution in [2.75, 3.05) is 0 Å². The highest BCUT2D eigenvalue weighted by molar-refractivity contribution is 6.25. The topological polar surface area (TPSA) is 0 Å². The first-order valence-corrected chi connectivity index (χ1v) is 15.6. The number of allylic oxidation sites excluding steroid dienone is 4. The first-order valence-electron chi connectivity index (χ1n) is 15.6. The summed E-state index contributed by atoms with van der Waals surface area (Å²) in [7, 11) is 0. The normalized spacial score (nSPS) is 13.3. The van der Waals surface area contributed by atoms with E-state index in [-0.39, 0.29) is 0 Å². The molecule has 0 heteroatoms. The third-order valence-electron chi connectivity index (χ3n) is 9.50. The monoisotopic (exact) mass is 558 g/mol. The van der Waals surface area contributed by atoms with Gasteiger partial charge in [0.15, 0.2) is 0 Å². The van der Waals surface area contributed by atoms with Gasteiger partial charge in [-0.3, -0.25) is 0 Å². The predicted molar refractivity (Wildman–Crippen MR) is 191 cm³/mol. The summed E-state index contributed by atoms with van der Waals surface area (Å²) in [6, 6.07) is 52.0. The van der Waals surface area contributed by atoms with Crippen molar-refractivity contribution in [2.24, 2.45) is 0 Å². The summed E-state index contributed by atoms with van der Waals surface area (Å²) in [6.07, 6.45) is 8.91. The molecule has 1 aliphatic rings. The molecular formula is C44H30. The van der Waals surface area contributed by atoms with Gasteiger partial charge in [0.05, 0.1) is 0 Å². The summed E-state index contributed by atoms with van der Waals surface area (Å²) in [4.78, 5) is 0. The van der Waals surface area contributed by atoms with Crippen LogP contribution in [-0.4, -0.2) is 0 Å². The van der Waals surface area contributed by atoms with Gasteiger partial charge < -0.3 is 0 Å². The smallest absolute Gasteiger partial charge is 0.00201 e. The summed E-state index contributed by atoms with van der Waals surface area (Å²) >= 11 is 0. The summed E-state index contributed by atoms with van der Waals surface area (Å²) in [6.45, 7) is 0. The quantitative estimate of drug-likeness (QED) is 0.149. The van der Waals surface area contributed by atoms with Crippen molar-refractivity contribution in [3.63, 3.8) is 0 Å². The van der Waals surface area contributed by atoms with E-state index >= 15 is 0 Å². The Morgan fingerprint density at radius 2 is 1.00 bits per heavy atom. The summed E-state index contributed by atoms with van der Waals surface area (Å²) in [5, 5.41) is 12.9. The van der Waals surface area contributed by atoms with E-state index in [2.05, 4.69) is 158 Å². The second-order valence-electron chi connectivity index (χ2n) is 12.0. The average Bonchev–Trinajstić information content (AvgIpc) is 3.10. The first kappa shape index (κ1) is 25.1. The Morgan fingerprint density at radius 1 is 0.386 bits per heavy atom. The fraction of sp³-hybridized carbons (Fsp3) is 0.0455. The Hall–Kier alpha value is -5.46. The van der Waals surface area contributed by atoms with Gasteiger partial charge in [0.2, 0.25) is 0 Å². The molecule has 0 fully saturated rings. The van der Waals surface area contributed by atoms with Crippen molar-refractivity contribution in [3.8, 4) is 22.3 Å². The minimum atomic E-state index is 1.10. The van der Waals surface area contributed by atoms with Crippen LogP contribution < -0.4 is 0 Å². The SMILES string of the molecule is C1=CCCC(c2ccc(-c3c4ccccc4c(-c4cccc5c4ccc4cc6ccccc6cc45)c4ccccc34)cc2)=C1. The Bertz CT molecular complexity index is 2410. The minimum Gasteiger partial charge on any atom is -0.0842 e. The van der Waals surface area contributed by atoms with Crippen molar-refractivity contribution in [1.82, 2.24) is 0 Å². The van der Waals surface area contributed by atoms with Gasteiger partial charge >= 0.3 is 0 Å². The maximum atomic E-state index is 2.36. The lowest BCUT2D eigenvalue weighted by atomic mass is 9.84. The zero-order valence-corrected chi connectivity index (χ0v) is 24.4. The van der Waals surface area contributed by atoms with Crippen molar-refractivity contribution in [2.45, 2.75) is 12.8 Å². The molecule has 0 spiro atoms. The summed E-state index contributed by atoms with van der Waals surface area (Å²) in [5.41, 5.74) is 7.89. The molecule has 0 heterocycles.